The normalized spacial score (nSPS) is 23.9. The van der Waals surface area contributed by atoms with Crippen LogP contribution in [0.3, 0.4) is 0 Å². The summed E-state index contributed by atoms with van der Waals surface area (Å²) in [5.74, 6) is 1.43. The summed E-state index contributed by atoms with van der Waals surface area (Å²) >= 11 is 0. The van der Waals surface area contributed by atoms with Gasteiger partial charge in [-0.1, -0.05) is 26.2 Å². The van der Waals surface area contributed by atoms with Crippen LogP contribution in [0.2, 0.25) is 0 Å². The first kappa shape index (κ1) is 16.8. The van der Waals surface area contributed by atoms with Crippen LogP contribution in [0.25, 0.3) is 0 Å². The number of nitrogens with one attached hydrogen (secondary N) is 1. The van der Waals surface area contributed by atoms with Crippen molar-refractivity contribution in [1.82, 2.24) is 10.2 Å². The number of carbonyl (C=O) groups excluding carboxylic acids is 1. The maximum atomic E-state index is 12.5. The average Bonchev–Trinajstić information content (AvgIpc) is 2.92. The van der Waals surface area contributed by atoms with Crippen LogP contribution in [0.5, 0.6) is 0 Å². The number of carbonyl (C=O) groups is 1. The molecule has 1 saturated heterocycles. The van der Waals surface area contributed by atoms with Gasteiger partial charge in [-0.25, -0.2) is 0 Å². The van der Waals surface area contributed by atoms with Crippen LogP contribution in [-0.2, 0) is 4.79 Å². The van der Waals surface area contributed by atoms with Crippen molar-refractivity contribution in [3.8, 4) is 0 Å². The lowest BCUT2D eigenvalue weighted by Gasteiger charge is -2.31. The minimum absolute atomic E-state index is 0. The van der Waals surface area contributed by atoms with Gasteiger partial charge in [-0.05, 0) is 38.1 Å². The lowest BCUT2D eigenvalue weighted by molar-refractivity contribution is -0.135. The van der Waals surface area contributed by atoms with Gasteiger partial charge in [0.2, 0.25) is 5.91 Å². The highest BCUT2D eigenvalue weighted by Gasteiger charge is 2.28. The van der Waals surface area contributed by atoms with E-state index in [4.69, 9.17) is 0 Å². The number of hydrogen-bond acceptors (Lipinski definition) is 2. The molecule has 2 fully saturated rings. The molecule has 0 aromatic rings. The predicted molar refractivity (Wildman–Crippen MR) is 81.7 cm³/mol. The van der Waals surface area contributed by atoms with Crippen molar-refractivity contribution >= 4 is 18.3 Å². The molecule has 112 valence electrons. The zero-order valence-electron chi connectivity index (χ0n) is 12.2. The summed E-state index contributed by atoms with van der Waals surface area (Å²) in [6.45, 7) is 6.05. The van der Waals surface area contributed by atoms with E-state index in [9.17, 15) is 4.79 Å². The average molecular weight is 289 g/mol. The Kier molecular flexibility index (Phi) is 7.77. The van der Waals surface area contributed by atoms with E-state index in [1.54, 1.807) is 0 Å². The number of nitrogens with zero attached hydrogens (tertiary/aromatic N) is 1. The lowest BCUT2D eigenvalue weighted by atomic mass is 9.88. The Hall–Kier alpha value is -0.280. The van der Waals surface area contributed by atoms with Crippen molar-refractivity contribution in [1.29, 1.82) is 0 Å². The van der Waals surface area contributed by atoms with Gasteiger partial charge in [0.15, 0.2) is 0 Å². The van der Waals surface area contributed by atoms with Gasteiger partial charge in [0.1, 0.15) is 0 Å². The molecule has 3 nitrogen and oxygen atoms in total. The van der Waals surface area contributed by atoms with Crippen molar-refractivity contribution in [2.45, 2.75) is 51.9 Å². The number of rotatable bonds is 5. The Morgan fingerprint density at radius 1 is 1.21 bits per heavy atom. The summed E-state index contributed by atoms with van der Waals surface area (Å²) in [6, 6.07) is 0. The Labute approximate surface area is 123 Å². The molecular weight excluding hydrogens is 260 g/mol. The van der Waals surface area contributed by atoms with Crippen molar-refractivity contribution in [2.75, 3.05) is 26.2 Å². The van der Waals surface area contributed by atoms with Crippen LogP contribution < -0.4 is 5.32 Å². The largest absolute Gasteiger partial charge is 0.342 e. The molecule has 0 aromatic heterocycles. The highest BCUT2D eigenvalue weighted by molar-refractivity contribution is 5.85. The van der Waals surface area contributed by atoms with Gasteiger partial charge in [0, 0.05) is 19.6 Å². The Morgan fingerprint density at radius 3 is 2.53 bits per heavy atom. The molecule has 1 aliphatic carbocycles. The molecular formula is C15H29ClN2O. The highest BCUT2D eigenvalue weighted by atomic mass is 35.5. The van der Waals surface area contributed by atoms with E-state index < -0.39 is 0 Å². The number of halogens is 1. The van der Waals surface area contributed by atoms with Gasteiger partial charge in [-0.2, -0.15) is 0 Å². The van der Waals surface area contributed by atoms with Crippen molar-refractivity contribution in [3.05, 3.63) is 0 Å². The third-order valence-corrected chi connectivity index (χ3v) is 4.42. The van der Waals surface area contributed by atoms with Crippen molar-refractivity contribution in [2.24, 2.45) is 11.8 Å². The molecule has 2 rings (SSSR count). The number of amides is 1. The van der Waals surface area contributed by atoms with E-state index in [0.717, 1.165) is 44.9 Å². The summed E-state index contributed by atoms with van der Waals surface area (Å²) in [4.78, 5) is 14.7. The molecule has 2 aliphatic rings. The van der Waals surface area contributed by atoms with Gasteiger partial charge in [-0.15, -0.1) is 12.4 Å². The van der Waals surface area contributed by atoms with Crippen LogP contribution in [0.15, 0.2) is 0 Å². The molecule has 0 spiro atoms. The molecule has 1 aliphatic heterocycles. The van der Waals surface area contributed by atoms with E-state index in [-0.39, 0.29) is 18.3 Å². The van der Waals surface area contributed by atoms with Crippen molar-refractivity contribution < 1.29 is 4.79 Å². The van der Waals surface area contributed by atoms with Crippen LogP contribution >= 0.6 is 12.4 Å². The molecule has 19 heavy (non-hydrogen) atoms. The quantitative estimate of drug-likeness (QED) is 0.844. The summed E-state index contributed by atoms with van der Waals surface area (Å²) < 4.78 is 0. The fraction of sp³-hybridized carbons (Fsp3) is 0.933. The Morgan fingerprint density at radius 2 is 1.95 bits per heavy atom. The van der Waals surface area contributed by atoms with Gasteiger partial charge < -0.3 is 10.2 Å². The summed E-state index contributed by atoms with van der Waals surface area (Å²) in [5.41, 5.74) is 0. The lowest BCUT2D eigenvalue weighted by Crippen LogP contribution is -2.41. The van der Waals surface area contributed by atoms with E-state index in [1.807, 2.05) is 0 Å². The maximum Gasteiger partial charge on any atom is 0.227 e. The molecule has 1 saturated carbocycles. The second-order valence-electron chi connectivity index (χ2n) is 5.98. The minimum Gasteiger partial charge on any atom is -0.342 e. The van der Waals surface area contributed by atoms with E-state index in [2.05, 4.69) is 17.1 Å². The van der Waals surface area contributed by atoms with Gasteiger partial charge in [-0.3, -0.25) is 4.79 Å². The second kappa shape index (κ2) is 8.80. The molecule has 1 amide bonds. The van der Waals surface area contributed by atoms with E-state index in [0.29, 0.717) is 5.91 Å². The molecule has 0 bridgehead atoms. The summed E-state index contributed by atoms with van der Waals surface area (Å²) in [6.07, 6.45) is 8.90. The molecule has 4 heteroatoms. The topological polar surface area (TPSA) is 32.3 Å². The molecule has 1 atom stereocenters. The fourth-order valence-corrected chi connectivity index (χ4v) is 3.37. The Balaban J connectivity index is 0.00000180. The SMILES string of the molecule is CCCN(CC1CCCCC1)C(=O)C1CCNC1.Cl. The maximum absolute atomic E-state index is 12.5. The van der Waals surface area contributed by atoms with Gasteiger partial charge in [0.05, 0.1) is 5.92 Å². The first-order chi connectivity index (χ1) is 8.81. The molecule has 1 N–H and O–H groups in total. The van der Waals surface area contributed by atoms with E-state index >= 15 is 0 Å². The standard InChI is InChI=1S/C15H28N2O.ClH/c1-2-10-17(12-13-6-4-3-5-7-13)15(18)14-8-9-16-11-14;/h13-14,16H,2-12H2,1H3;1H. The summed E-state index contributed by atoms with van der Waals surface area (Å²) in [5, 5.41) is 3.31. The van der Waals surface area contributed by atoms with Crippen LogP contribution in [0, 0.1) is 11.8 Å². The van der Waals surface area contributed by atoms with Crippen LogP contribution in [-0.4, -0.2) is 37.0 Å². The minimum atomic E-state index is 0. The fourth-order valence-electron chi connectivity index (χ4n) is 3.37. The number of hydrogen-bond donors (Lipinski definition) is 1. The Bertz CT molecular complexity index is 261. The third-order valence-electron chi connectivity index (χ3n) is 4.42. The first-order valence-electron chi connectivity index (χ1n) is 7.80. The van der Waals surface area contributed by atoms with Crippen LogP contribution in [0.4, 0.5) is 0 Å². The predicted octanol–water partition coefficient (Wildman–Crippen LogP) is 2.84. The molecule has 0 radical (unpaired) electrons. The van der Waals surface area contributed by atoms with Gasteiger partial charge in [0.25, 0.3) is 0 Å². The highest BCUT2D eigenvalue weighted by Crippen LogP contribution is 2.25. The molecule has 1 heterocycles. The molecule has 1 unspecified atom stereocenters. The smallest absolute Gasteiger partial charge is 0.227 e. The van der Waals surface area contributed by atoms with Crippen molar-refractivity contribution in [3.63, 3.8) is 0 Å². The second-order valence-corrected chi connectivity index (χ2v) is 5.98. The van der Waals surface area contributed by atoms with Gasteiger partial charge >= 0.3 is 0 Å². The third kappa shape index (κ3) is 4.96. The molecule has 0 aromatic carbocycles. The van der Waals surface area contributed by atoms with E-state index in [1.165, 1.54) is 32.1 Å². The zero-order valence-corrected chi connectivity index (χ0v) is 13.0. The van der Waals surface area contributed by atoms with Crippen LogP contribution in [0.1, 0.15) is 51.9 Å². The summed E-state index contributed by atoms with van der Waals surface area (Å²) in [7, 11) is 0. The monoisotopic (exact) mass is 288 g/mol. The first-order valence-corrected chi connectivity index (χ1v) is 7.80. The zero-order chi connectivity index (χ0) is 12.8.